The summed E-state index contributed by atoms with van der Waals surface area (Å²) < 4.78 is 5.12. The van der Waals surface area contributed by atoms with Crippen LogP contribution in [0.25, 0.3) is 11.4 Å². The van der Waals surface area contributed by atoms with Gasteiger partial charge in [0.25, 0.3) is 0 Å². The first-order valence-corrected chi connectivity index (χ1v) is 4.14. The second kappa shape index (κ2) is 3.41. The molecule has 70 valence electrons. The van der Waals surface area contributed by atoms with E-state index < -0.39 is 0 Å². The third kappa shape index (κ3) is 1.42. The molecule has 0 atom stereocenters. The lowest BCUT2D eigenvalue weighted by molar-refractivity contribution is 0.111. The number of rotatable bonds is 2. The van der Waals surface area contributed by atoms with E-state index in [4.69, 9.17) is 4.42 Å². The molecule has 0 N–H and O–H groups in total. The summed E-state index contributed by atoms with van der Waals surface area (Å²) >= 11 is 0. The maximum Gasteiger partial charge on any atom is 0.168 e. The van der Waals surface area contributed by atoms with E-state index in [1.807, 2.05) is 6.92 Å². The van der Waals surface area contributed by atoms with Gasteiger partial charge in [0, 0.05) is 6.20 Å². The Morgan fingerprint density at radius 2 is 2.29 bits per heavy atom. The zero-order chi connectivity index (χ0) is 9.97. The van der Waals surface area contributed by atoms with Crippen LogP contribution in [-0.4, -0.2) is 16.3 Å². The molecular formula is C10H8N2O2. The fraction of sp³-hybridized carbons (Fsp3) is 0.100. The van der Waals surface area contributed by atoms with E-state index in [2.05, 4.69) is 9.97 Å². The molecule has 2 rings (SSSR count). The van der Waals surface area contributed by atoms with E-state index in [1.54, 1.807) is 24.6 Å². The van der Waals surface area contributed by atoms with Crippen LogP contribution in [0.4, 0.5) is 0 Å². The highest BCUT2D eigenvalue weighted by molar-refractivity contribution is 5.72. The monoisotopic (exact) mass is 188 g/mol. The molecule has 4 nitrogen and oxygen atoms in total. The molecule has 2 heterocycles. The van der Waals surface area contributed by atoms with Gasteiger partial charge in [-0.05, 0) is 19.1 Å². The molecule has 0 amide bonds. The number of aldehydes is 1. The van der Waals surface area contributed by atoms with Crippen LogP contribution in [0.5, 0.6) is 0 Å². The molecule has 0 unspecified atom stereocenters. The van der Waals surface area contributed by atoms with Crippen molar-refractivity contribution in [3.63, 3.8) is 0 Å². The van der Waals surface area contributed by atoms with Gasteiger partial charge in [-0.25, -0.2) is 9.97 Å². The van der Waals surface area contributed by atoms with Crippen molar-refractivity contribution >= 4 is 6.29 Å². The molecule has 2 aromatic rings. The maximum atomic E-state index is 10.5. The molecule has 0 radical (unpaired) electrons. The van der Waals surface area contributed by atoms with Crippen molar-refractivity contribution in [2.24, 2.45) is 0 Å². The minimum absolute atomic E-state index is 0.371. The van der Waals surface area contributed by atoms with Gasteiger partial charge in [0.2, 0.25) is 0 Å². The van der Waals surface area contributed by atoms with Gasteiger partial charge in [-0.2, -0.15) is 0 Å². The number of nitrogens with zero attached hydrogens (tertiary/aromatic N) is 2. The maximum absolute atomic E-state index is 10.5. The van der Waals surface area contributed by atoms with E-state index in [1.165, 1.54) is 0 Å². The second-order valence-electron chi connectivity index (χ2n) is 2.81. The van der Waals surface area contributed by atoms with E-state index >= 15 is 0 Å². The van der Waals surface area contributed by atoms with Gasteiger partial charge < -0.3 is 4.42 Å². The molecular weight excluding hydrogens is 180 g/mol. The molecule has 2 aromatic heterocycles. The minimum Gasteiger partial charge on any atom is -0.469 e. The number of aromatic nitrogens is 2. The summed E-state index contributed by atoms with van der Waals surface area (Å²) in [6.45, 7) is 1.83. The zero-order valence-electron chi connectivity index (χ0n) is 7.60. The first-order chi connectivity index (χ1) is 6.81. The second-order valence-corrected chi connectivity index (χ2v) is 2.81. The van der Waals surface area contributed by atoms with Crippen LogP contribution in [0, 0.1) is 6.92 Å². The minimum atomic E-state index is 0.371. The number of hydrogen-bond acceptors (Lipinski definition) is 4. The topological polar surface area (TPSA) is 56.0 Å². The first kappa shape index (κ1) is 8.62. The van der Waals surface area contributed by atoms with Gasteiger partial charge >= 0.3 is 0 Å². The summed E-state index contributed by atoms with van der Waals surface area (Å²) in [5.41, 5.74) is 1.18. The average molecular weight is 188 g/mol. The van der Waals surface area contributed by atoms with Crippen molar-refractivity contribution in [2.45, 2.75) is 6.92 Å². The quantitative estimate of drug-likeness (QED) is 0.675. The average Bonchev–Trinajstić information content (AvgIpc) is 2.65. The highest BCUT2D eigenvalue weighted by Crippen LogP contribution is 2.19. The van der Waals surface area contributed by atoms with Gasteiger partial charge in [0.15, 0.2) is 12.1 Å². The van der Waals surface area contributed by atoms with Crippen molar-refractivity contribution < 1.29 is 9.21 Å². The number of carbonyl (C=O) groups excluding carboxylic acids is 1. The Morgan fingerprint density at radius 3 is 2.93 bits per heavy atom. The summed E-state index contributed by atoms with van der Waals surface area (Å²) in [6.07, 6.45) is 3.82. The molecule has 14 heavy (non-hydrogen) atoms. The number of carbonyl (C=O) groups is 1. The van der Waals surface area contributed by atoms with Crippen LogP contribution in [-0.2, 0) is 0 Å². The number of hydrogen-bond donors (Lipinski definition) is 0. The first-order valence-electron chi connectivity index (χ1n) is 4.14. The van der Waals surface area contributed by atoms with E-state index in [0.29, 0.717) is 17.8 Å². The zero-order valence-corrected chi connectivity index (χ0v) is 7.60. The summed E-state index contributed by atoms with van der Waals surface area (Å²) in [5, 5.41) is 0. The normalized spacial score (nSPS) is 10.1. The van der Waals surface area contributed by atoms with Crippen LogP contribution < -0.4 is 0 Å². The molecule has 0 saturated carbocycles. The van der Waals surface area contributed by atoms with Crippen LogP contribution in [0.3, 0.4) is 0 Å². The standard InChI is InChI=1S/C10H8N2O2/c1-7-9(3-5-14-7)10-11-4-2-8(6-13)12-10/h2-6H,1H3. The van der Waals surface area contributed by atoms with Crippen LogP contribution >= 0.6 is 0 Å². The fourth-order valence-electron chi connectivity index (χ4n) is 1.19. The van der Waals surface area contributed by atoms with Gasteiger partial charge in [-0.3, -0.25) is 4.79 Å². The lowest BCUT2D eigenvalue weighted by atomic mass is 10.2. The molecule has 0 bridgehead atoms. The van der Waals surface area contributed by atoms with Gasteiger partial charge in [-0.15, -0.1) is 0 Å². The molecule has 0 aliphatic heterocycles. The molecule has 0 aliphatic rings. The summed E-state index contributed by atoms with van der Waals surface area (Å²) in [6, 6.07) is 3.34. The number of aryl methyl sites for hydroxylation is 1. The summed E-state index contributed by atoms with van der Waals surface area (Å²) in [5.74, 6) is 1.26. The molecule has 4 heteroatoms. The Bertz CT molecular complexity index is 463. The molecule has 0 fully saturated rings. The number of furan rings is 1. The molecule has 0 aromatic carbocycles. The fourth-order valence-corrected chi connectivity index (χ4v) is 1.19. The van der Waals surface area contributed by atoms with Crippen LogP contribution in [0.15, 0.2) is 29.0 Å². The van der Waals surface area contributed by atoms with Gasteiger partial charge in [-0.1, -0.05) is 0 Å². The Kier molecular flexibility index (Phi) is 2.10. The largest absolute Gasteiger partial charge is 0.469 e. The lowest BCUT2D eigenvalue weighted by Gasteiger charge is -1.97. The predicted molar refractivity (Wildman–Crippen MR) is 49.9 cm³/mol. The summed E-state index contributed by atoms with van der Waals surface area (Å²) in [7, 11) is 0. The Balaban J connectivity index is 2.52. The summed E-state index contributed by atoms with van der Waals surface area (Å²) in [4.78, 5) is 18.6. The van der Waals surface area contributed by atoms with Crippen molar-refractivity contribution in [3.8, 4) is 11.4 Å². The third-order valence-electron chi connectivity index (χ3n) is 1.90. The lowest BCUT2D eigenvalue weighted by Crippen LogP contribution is -1.93. The SMILES string of the molecule is Cc1occc1-c1nccc(C=O)n1. The van der Waals surface area contributed by atoms with Crippen LogP contribution in [0.2, 0.25) is 0 Å². The van der Waals surface area contributed by atoms with Crippen molar-refractivity contribution in [2.75, 3.05) is 0 Å². The van der Waals surface area contributed by atoms with Gasteiger partial charge in [0.05, 0.1) is 11.8 Å². The van der Waals surface area contributed by atoms with Gasteiger partial charge in [0.1, 0.15) is 11.5 Å². The Labute approximate surface area is 80.6 Å². The highest BCUT2D eigenvalue weighted by Gasteiger charge is 2.07. The Hall–Kier alpha value is -1.97. The van der Waals surface area contributed by atoms with E-state index in [-0.39, 0.29) is 0 Å². The Morgan fingerprint density at radius 1 is 1.43 bits per heavy atom. The molecule has 0 spiro atoms. The van der Waals surface area contributed by atoms with Crippen molar-refractivity contribution in [1.82, 2.24) is 9.97 Å². The van der Waals surface area contributed by atoms with Crippen LogP contribution in [0.1, 0.15) is 16.2 Å². The van der Waals surface area contributed by atoms with Crippen molar-refractivity contribution in [3.05, 3.63) is 36.0 Å². The third-order valence-corrected chi connectivity index (χ3v) is 1.90. The van der Waals surface area contributed by atoms with E-state index in [0.717, 1.165) is 11.3 Å². The molecule has 0 aliphatic carbocycles. The smallest absolute Gasteiger partial charge is 0.168 e. The van der Waals surface area contributed by atoms with E-state index in [9.17, 15) is 4.79 Å². The highest BCUT2D eigenvalue weighted by atomic mass is 16.3. The van der Waals surface area contributed by atoms with Crippen molar-refractivity contribution in [1.29, 1.82) is 0 Å². The predicted octanol–water partition coefficient (Wildman–Crippen LogP) is 1.86. The molecule has 0 saturated heterocycles.